The normalized spacial score (nSPS) is 24.5. The summed E-state index contributed by atoms with van der Waals surface area (Å²) in [5, 5.41) is 14.1. The summed E-state index contributed by atoms with van der Waals surface area (Å²) in [5.74, 6) is 0.140. The van der Waals surface area contributed by atoms with Crippen LogP contribution in [-0.2, 0) is 4.79 Å². The summed E-state index contributed by atoms with van der Waals surface area (Å²) in [6.45, 7) is 4.71. The van der Waals surface area contributed by atoms with Gasteiger partial charge in [0.15, 0.2) is 0 Å². The van der Waals surface area contributed by atoms with E-state index in [9.17, 15) is 9.59 Å². The fourth-order valence-electron chi connectivity index (χ4n) is 2.40. The zero-order valence-corrected chi connectivity index (χ0v) is 11.9. The molecule has 0 aromatic heterocycles. The van der Waals surface area contributed by atoms with E-state index >= 15 is 0 Å². The van der Waals surface area contributed by atoms with Gasteiger partial charge in [-0.2, -0.15) is 0 Å². The molecule has 1 atom stereocenters. The lowest BCUT2D eigenvalue weighted by Crippen LogP contribution is -2.40. The predicted molar refractivity (Wildman–Crippen MR) is 73.9 cm³/mol. The number of carbonyl (C=O) groups excluding carboxylic acids is 1. The lowest BCUT2D eigenvalue weighted by Gasteiger charge is -2.26. The van der Waals surface area contributed by atoms with Crippen molar-refractivity contribution in [2.45, 2.75) is 46.0 Å². The number of carbonyl (C=O) groups is 2. The van der Waals surface area contributed by atoms with E-state index in [1.165, 1.54) is 25.7 Å². The van der Waals surface area contributed by atoms with E-state index in [-0.39, 0.29) is 12.6 Å². The maximum atomic E-state index is 11.4. The third kappa shape index (κ3) is 6.45. The minimum atomic E-state index is -0.892. The van der Waals surface area contributed by atoms with Crippen molar-refractivity contribution in [3.63, 3.8) is 0 Å². The Bertz CT molecular complexity index is 299. The molecule has 19 heavy (non-hydrogen) atoms. The molecule has 1 fully saturated rings. The van der Waals surface area contributed by atoms with Gasteiger partial charge in [0.2, 0.25) is 0 Å². The minimum Gasteiger partial charge on any atom is -0.481 e. The summed E-state index contributed by atoms with van der Waals surface area (Å²) in [6.07, 6.45) is 6.15. The summed E-state index contributed by atoms with van der Waals surface area (Å²) >= 11 is 0. The van der Waals surface area contributed by atoms with Gasteiger partial charge in [0.25, 0.3) is 0 Å². The molecule has 1 saturated carbocycles. The van der Waals surface area contributed by atoms with Crippen LogP contribution in [0.5, 0.6) is 0 Å². The van der Waals surface area contributed by atoms with Gasteiger partial charge in [-0.3, -0.25) is 4.79 Å². The molecule has 0 aromatic carbocycles. The zero-order chi connectivity index (χ0) is 14.3. The van der Waals surface area contributed by atoms with E-state index in [1.807, 2.05) is 0 Å². The molecule has 110 valence electrons. The summed E-state index contributed by atoms with van der Waals surface area (Å²) in [4.78, 5) is 22.0. The third-order valence-corrected chi connectivity index (χ3v) is 3.96. The van der Waals surface area contributed by atoms with E-state index in [0.29, 0.717) is 6.54 Å². The number of hydrogen-bond donors (Lipinski definition) is 3. The smallest absolute Gasteiger partial charge is 0.314 e. The molecule has 1 aliphatic rings. The van der Waals surface area contributed by atoms with Crippen molar-refractivity contribution >= 4 is 12.0 Å². The van der Waals surface area contributed by atoms with Crippen LogP contribution in [0, 0.1) is 17.8 Å². The molecule has 1 unspecified atom stereocenters. The largest absolute Gasteiger partial charge is 0.481 e. The number of urea groups is 1. The Kier molecular flexibility index (Phi) is 6.67. The standard InChI is InChI=1S/C14H26N2O3/c1-10-3-5-12(6-4-10)7-8-15-14(19)16-9-11(2)13(17)18/h10-12H,3-9H2,1-2H3,(H,17,18)(H2,15,16,19). The summed E-state index contributed by atoms with van der Waals surface area (Å²) in [5.41, 5.74) is 0. The Morgan fingerprint density at radius 3 is 2.42 bits per heavy atom. The molecule has 0 spiro atoms. The van der Waals surface area contributed by atoms with Gasteiger partial charge < -0.3 is 15.7 Å². The predicted octanol–water partition coefficient (Wildman–Crippen LogP) is 2.22. The highest BCUT2D eigenvalue weighted by atomic mass is 16.4. The van der Waals surface area contributed by atoms with Crippen LogP contribution in [0.4, 0.5) is 4.79 Å². The van der Waals surface area contributed by atoms with Gasteiger partial charge in [-0.25, -0.2) is 4.79 Å². The van der Waals surface area contributed by atoms with Gasteiger partial charge in [0.05, 0.1) is 5.92 Å². The van der Waals surface area contributed by atoms with E-state index in [4.69, 9.17) is 5.11 Å². The van der Waals surface area contributed by atoms with Crippen LogP contribution < -0.4 is 10.6 Å². The first-order valence-electron chi connectivity index (χ1n) is 7.23. The molecular formula is C14H26N2O3. The number of carboxylic acids is 1. The monoisotopic (exact) mass is 270 g/mol. The molecule has 1 rings (SSSR count). The van der Waals surface area contributed by atoms with Crippen molar-refractivity contribution in [1.29, 1.82) is 0 Å². The molecule has 5 heteroatoms. The molecule has 0 radical (unpaired) electrons. The van der Waals surface area contributed by atoms with E-state index < -0.39 is 11.9 Å². The molecule has 2 amide bonds. The van der Waals surface area contributed by atoms with Crippen molar-refractivity contribution in [1.82, 2.24) is 10.6 Å². The van der Waals surface area contributed by atoms with Crippen molar-refractivity contribution in [3.8, 4) is 0 Å². The van der Waals surface area contributed by atoms with Gasteiger partial charge in [-0.05, 0) is 18.3 Å². The Morgan fingerprint density at radius 2 is 1.84 bits per heavy atom. The number of amides is 2. The molecule has 0 heterocycles. The molecule has 0 aliphatic heterocycles. The first-order chi connectivity index (χ1) is 8.99. The fraction of sp³-hybridized carbons (Fsp3) is 0.857. The highest BCUT2D eigenvalue weighted by Gasteiger charge is 2.18. The van der Waals surface area contributed by atoms with Gasteiger partial charge in [-0.15, -0.1) is 0 Å². The van der Waals surface area contributed by atoms with E-state index in [2.05, 4.69) is 17.6 Å². The second-order valence-corrected chi connectivity index (χ2v) is 5.79. The number of carboxylic acid groups (broad SMARTS) is 1. The van der Waals surface area contributed by atoms with Crippen molar-refractivity contribution < 1.29 is 14.7 Å². The van der Waals surface area contributed by atoms with Gasteiger partial charge >= 0.3 is 12.0 Å². The molecule has 0 aromatic rings. The number of rotatable bonds is 6. The Hall–Kier alpha value is -1.26. The van der Waals surface area contributed by atoms with Gasteiger partial charge in [-0.1, -0.05) is 39.5 Å². The highest BCUT2D eigenvalue weighted by Crippen LogP contribution is 2.29. The number of hydrogen-bond acceptors (Lipinski definition) is 2. The summed E-state index contributed by atoms with van der Waals surface area (Å²) in [7, 11) is 0. The second-order valence-electron chi connectivity index (χ2n) is 5.79. The highest BCUT2D eigenvalue weighted by molar-refractivity contribution is 5.75. The van der Waals surface area contributed by atoms with Crippen LogP contribution in [0.3, 0.4) is 0 Å². The maximum Gasteiger partial charge on any atom is 0.314 e. The minimum absolute atomic E-state index is 0.169. The number of aliphatic carboxylic acids is 1. The lowest BCUT2D eigenvalue weighted by molar-refractivity contribution is -0.140. The SMILES string of the molecule is CC1CCC(CCNC(=O)NCC(C)C(=O)O)CC1. The lowest BCUT2D eigenvalue weighted by atomic mass is 9.81. The Labute approximate surface area is 115 Å². The van der Waals surface area contributed by atoms with E-state index in [1.54, 1.807) is 6.92 Å². The zero-order valence-electron chi connectivity index (χ0n) is 11.9. The Morgan fingerprint density at radius 1 is 1.21 bits per heavy atom. The average molecular weight is 270 g/mol. The molecular weight excluding hydrogens is 244 g/mol. The van der Waals surface area contributed by atoms with Crippen molar-refractivity contribution in [2.75, 3.05) is 13.1 Å². The third-order valence-electron chi connectivity index (χ3n) is 3.96. The van der Waals surface area contributed by atoms with Crippen LogP contribution in [-0.4, -0.2) is 30.2 Å². The van der Waals surface area contributed by atoms with Gasteiger partial charge in [0, 0.05) is 13.1 Å². The maximum absolute atomic E-state index is 11.4. The molecule has 5 nitrogen and oxygen atoms in total. The second kappa shape index (κ2) is 8.02. The quantitative estimate of drug-likeness (QED) is 0.692. The van der Waals surface area contributed by atoms with Crippen molar-refractivity contribution in [3.05, 3.63) is 0 Å². The fourth-order valence-corrected chi connectivity index (χ4v) is 2.40. The van der Waals surface area contributed by atoms with E-state index in [0.717, 1.165) is 18.3 Å². The molecule has 1 aliphatic carbocycles. The van der Waals surface area contributed by atoms with Crippen LogP contribution in [0.1, 0.15) is 46.0 Å². The average Bonchev–Trinajstić information content (AvgIpc) is 2.38. The molecule has 0 saturated heterocycles. The van der Waals surface area contributed by atoms with Crippen LogP contribution in [0.2, 0.25) is 0 Å². The van der Waals surface area contributed by atoms with Crippen molar-refractivity contribution in [2.24, 2.45) is 17.8 Å². The molecule has 3 N–H and O–H groups in total. The Balaban J connectivity index is 2.05. The first kappa shape index (κ1) is 15.8. The first-order valence-corrected chi connectivity index (χ1v) is 7.23. The topological polar surface area (TPSA) is 78.4 Å². The van der Waals surface area contributed by atoms with Crippen LogP contribution >= 0.6 is 0 Å². The number of nitrogens with one attached hydrogen (secondary N) is 2. The van der Waals surface area contributed by atoms with Crippen LogP contribution in [0.25, 0.3) is 0 Å². The van der Waals surface area contributed by atoms with Crippen LogP contribution in [0.15, 0.2) is 0 Å². The van der Waals surface area contributed by atoms with Gasteiger partial charge in [0.1, 0.15) is 0 Å². The summed E-state index contributed by atoms with van der Waals surface area (Å²) in [6, 6.07) is -0.266. The summed E-state index contributed by atoms with van der Waals surface area (Å²) < 4.78 is 0. The molecule has 0 bridgehead atoms.